The SMILES string of the molecule is CCCCC/C=C\C/C=C\C/C=C\C/C=C\CCCC(=O)NC(COP(=O)([O-])OCC[N+](C)(C)C)C(/C=C\CCCCCCCCCCC)OC(=O)CCCCCCCCCCCCCCCCC/C=C\C/C=C\CCCCC. The number of carbonyl (C=O) groups is 2. The molecule has 0 saturated carbocycles. The lowest BCUT2D eigenvalue weighted by atomic mass is 10.0. The number of allylic oxidation sites excluding steroid dienone is 13. The number of ether oxygens (including phenoxy) is 1. The molecule has 79 heavy (non-hydrogen) atoms. The predicted molar refractivity (Wildman–Crippen MR) is 339 cm³/mol. The van der Waals surface area contributed by atoms with E-state index in [-0.39, 0.29) is 31.3 Å². The molecule has 0 aliphatic carbocycles. The van der Waals surface area contributed by atoms with Crippen LogP contribution in [0.25, 0.3) is 0 Å². The minimum Gasteiger partial charge on any atom is -0.756 e. The van der Waals surface area contributed by atoms with E-state index in [2.05, 4.69) is 99.0 Å². The predicted octanol–water partition coefficient (Wildman–Crippen LogP) is 19.9. The Bertz CT molecular complexity index is 1630. The van der Waals surface area contributed by atoms with Crippen LogP contribution in [-0.4, -0.2) is 69.4 Å². The van der Waals surface area contributed by atoms with Gasteiger partial charge in [0, 0.05) is 12.8 Å². The fraction of sp³-hybridized carbons (Fsp3) is 0.768. The number of amides is 1. The number of rotatable bonds is 59. The zero-order chi connectivity index (χ0) is 57.9. The third-order valence-electron chi connectivity index (χ3n) is 14.3. The minimum atomic E-state index is -4.72. The first-order chi connectivity index (χ1) is 38.4. The summed E-state index contributed by atoms with van der Waals surface area (Å²) in [4.78, 5) is 40.0. The van der Waals surface area contributed by atoms with Crippen molar-refractivity contribution >= 4 is 19.7 Å². The summed E-state index contributed by atoms with van der Waals surface area (Å²) in [7, 11) is 1.15. The third-order valence-corrected chi connectivity index (χ3v) is 15.3. The third kappa shape index (κ3) is 59.6. The van der Waals surface area contributed by atoms with E-state index < -0.39 is 26.6 Å². The van der Waals surface area contributed by atoms with Crippen LogP contribution in [0.2, 0.25) is 0 Å². The number of phosphoric ester groups is 1. The van der Waals surface area contributed by atoms with E-state index in [0.717, 1.165) is 70.6 Å². The lowest BCUT2D eigenvalue weighted by Crippen LogP contribution is -2.47. The van der Waals surface area contributed by atoms with Gasteiger partial charge in [0.25, 0.3) is 7.82 Å². The molecule has 0 fully saturated rings. The Morgan fingerprint density at radius 1 is 0.443 bits per heavy atom. The van der Waals surface area contributed by atoms with Gasteiger partial charge in [-0.05, 0) is 102 Å². The van der Waals surface area contributed by atoms with Gasteiger partial charge in [-0.1, -0.05) is 260 Å². The Labute approximate surface area is 488 Å². The second-order valence-corrected chi connectivity index (χ2v) is 24.7. The van der Waals surface area contributed by atoms with Crippen molar-refractivity contribution in [3.63, 3.8) is 0 Å². The van der Waals surface area contributed by atoms with Gasteiger partial charge in [0.05, 0.1) is 33.8 Å². The first-order valence-electron chi connectivity index (χ1n) is 32.9. The highest BCUT2D eigenvalue weighted by molar-refractivity contribution is 7.45. The van der Waals surface area contributed by atoms with E-state index in [9.17, 15) is 19.0 Å². The average molecular weight is 1130 g/mol. The molecule has 0 saturated heterocycles. The number of likely N-dealkylation sites (N-methyl/N-ethyl adjacent to an activating group) is 1. The molecule has 0 aromatic rings. The van der Waals surface area contributed by atoms with Crippen molar-refractivity contribution in [2.45, 2.75) is 303 Å². The highest BCUT2D eigenvalue weighted by Gasteiger charge is 2.27. The Kier molecular flexibility index (Phi) is 56.3. The second kappa shape index (κ2) is 58.4. The lowest BCUT2D eigenvalue weighted by molar-refractivity contribution is -0.870. The summed E-state index contributed by atoms with van der Waals surface area (Å²) in [6.07, 6.45) is 77.1. The van der Waals surface area contributed by atoms with Gasteiger partial charge in [-0.15, -0.1) is 0 Å². The van der Waals surface area contributed by atoms with Crippen LogP contribution >= 0.6 is 7.82 Å². The molecule has 1 N–H and O–H groups in total. The number of quaternary nitrogens is 1. The van der Waals surface area contributed by atoms with Gasteiger partial charge in [0.2, 0.25) is 5.91 Å². The number of hydrogen-bond donors (Lipinski definition) is 1. The summed E-state index contributed by atoms with van der Waals surface area (Å²) in [5.74, 6) is -0.604. The molecule has 0 rings (SSSR count). The maximum Gasteiger partial charge on any atom is 0.306 e. The maximum atomic E-state index is 13.5. The number of unbranched alkanes of at least 4 members (excludes halogenated alkanes) is 31. The Morgan fingerprint density at radius 2 is 0.785 bits per heavy atom. The van der Waals surface area contributed by atoms with Gasteiger partial charge in [-0.25, -0.2) is 0 Å². The zero-order valence-corrected chi connectivity index (χ0v) is 53.2. The minimum absolute atomic E-state index is 0.0347. The first kappa shape index (κ1) is 76.2. The smallest absolute Gasteiger partial charge is 0.306 e. The molecule has 10 heteroatoms. The topological polar surface area (TPSA) is 114 Å². The zero-order valence-electron chi connectivity index (χ0n) is 52.3. The van der Waals surface area contributed by atoms with Gasteiger partial charge < -0.3 is 28.5 Å². The molecule has 0 aromatic carbocycles. The van der Waals surface area contributed by atoms with Crippen LogP contribution in [0.1, 0.15) is 290 Å². The molecule has 0 spiro atoms. The van der Waals surface area contributed by atoms with Crippen LogP contribution in [-0.2, 0) is 27.9 Å². The van der Waals surface area contributed by atoms with Crippen LogP contribution in [0.15, 0.2) is 85.1 Å². The highest BCUT2D eigenvalue weighted by Crippen LogP contribution is 2.38. The van der Waals surface area contributed by atoms with Gasteiger partial charge in [0.1, 0.15) is 19.3 Å². The average Bonchev–Trinajstić information content (AvgIpc) is 3.41. The van der Waals surface area contributed by atoms with E-state index in [1.807, 2.05) is 33.3 Å². The van der Waals surface area contributed by atoms with Crippen LogP contribution in [0.5, 0.6) is 0 Å². The quantitative estimate of drug-likeness (QED) is 0.0212. The maximum absolute atomic E-state index is 13.5. The number of esters is 1. The molecule has 0 aliphatic rings. The molecule has 3 unspecified atom stereocenters. The monoisotopic (exact) mass is 1120 g/mol. The standard InChI is InChI=1S/C69H125N2O7P/c1-7-10-13-16-19-22-25-27-29-31-32-33-34-35-36-37-38-40-42-44-47-50-53-56-59-62-69(73)78-67(60-57-54-51-48-45-24-21-18-15-12-9-3)66(65-77-79(74,75)76-64-63-71(4,5)6)70-68(72)61-58-55-52-49-46-43-41-39-30-28-26-23-20-17-14-11-8-2/h19-20,22-23,27-30,41,43,49,52,57,60,66-67H,7-18,21,24-26,31-40,42,44-48,50-51,53-56,58-59,61-65H2,1-6H3,(H-,70,72,74,75)/b22-19-,23-20-,29-27-,30-28-,43-41-,52-49-,60-57-. The van der Waals surface area contributed by atoms with Crippen molar-refractivity contribution in [3.05, 3.63) is 85.1 Å². The summed E-state index contributed by atoms with van der Waals surface area (Å²) in [6, 6.07) is -0.920. The van der Waals surface area contributed by atoms with Crippen LogP contribution in [0.3, 0.4) is 0 Å². The number of nitrogens with one attached hydrogen (secondary N) is 1. The van der Waals surface area contributed by atoms with Crippen LogP contribution in [0, 0.1) is 0 Å². The van der Waals surface area contributed by atoms with Crippen LogP contribution < -0.4 is 10.2 Å². The summed E-state index contributed by atoms with van der Waals surface area (Å²) in [5.41, 5.74) is 0. The molecule has 9 nitrogen and oxygen atoms in total. The molecule has 0 radical (unpaired) electrons. The van der Waals surface area contributed by atoms with E-state index in [4.69, 9.17) is 13.8 Å². The molecule has 0 aromatic heterocycles. The Balaban J connectivity index is 5.14. The van der Waals surface area contributed by atoms with Crippen molar-refractivity contribution < 1.29 is 37.3 Å². The van der Waals surface area contributed by atoms with Crippen molar-refractivity contribution in [2.24, 2.45) is 0 Å². The lowest BCUT2D eigenvalue weighted by Gasteiger charge is -2.30. The van der Waals surface area contributed by atoms with Crippen molar-refractivity contribution in [3.8, 4) is 0 Å². The Hall–Kier alpha value is -2.81. The van der Waals surface area contributed by atoms with Gasteiger partial charge in [-0.2, -0.15) is 0 Å². The van der Waals surface area contributed by atoms with Crippen molar-refractivity contribution in [2.75, 3.05) is 40.9 Å². The first-order valence-corrected chi connectivity index (χ1v) is 34.4. The fourth-order valence-corrected chi connectivity index (χ4v) is 9.92. The van der Waals surface area contributed by atoms with Crippen molar-refractivity contribution in [1.82, 2.24) is 5.32 Å². The molecule has 458 valence electrons. The van der Waals surface area contributed by atoms with Crippen LogP contribution in [0.4, 0.5) is 0 Å². The number of phosphoric acid groups is 1. The van der Waals surface area contributed by atoms with Crippen molar-refractivity contribution in [1.29, 1.82) is 0 Å². The summed E-state index contributed by atoms with van der Waals surface area (Å²) < 4.78 is 30.3. The second-order valence-electron chi connectivity index (χ2n) is 23.3. The molecule has 1 amide bonds. The molecule has 0 heterocycles. The van der Waals surface area contributed by atoms with Gasteiger partial charge in [-0.3, -0.25) is 14.2 Å². The fourth-order valence-electron chi connectivity index (χ4n) is 9.19. The van der Waals surface area contributed by atoms with E-state index >= 15 is 0 Å². The van der Waals surface area contributed by atoms with Gasteiger partial charge in [0.15, 0.2) is 0 Å². The summed E-state index contributed by atoms with van der Waals surface area (Å²) in [5, 5.41) is 3.00. The van der Waals surface area contributed by atoms with E-state index in [1.54, 1.807) is 0 Å². The summed E-state index contributed by atoms with van der Waals surface area (Å²) in [6.45, 7) is 6.75. The van der Waals surface area contributed by atoms with E-state index in [0.29, 0.717) is 17.4 Å². The molecular weight excluding hydrogens is 1000 g/mol. The molecular formula is C69H125N2O7P. The largest absolute Gasteiger partial charge is 0.756 e. The Morgan fingerprint density at radius 3 is 1.20 bits per heavy atom. The number of hydrogen-bond acceptors (Lipinski definition) is 7. The number of carbonyl (C=O) groups excluding carboxylic acids is 2. The molecule has 0 aliphatic heterocycles. The number of nitrogens with zero attached hydrogens (tertiary/aromatic N) is 1. The van der Waals surface area contributed by atoms with E-state index in [1.165, 1.54) is 180 Å². The summed E-state index contributed by atoms with van der Waals surface area (Å²) >= 11 is 0. The molecule has 3 atom stereocenters. The van der Waals surface area contributed by atoms with Gasteiger partial charge >= 0.3 is 5.97 Å². The highest BCUT2D eigenvalue weighted by atomic mass is 31.2. The molecule has 0 bridgehead atoms. The normalized spacial score (nSPS) is 14.2.